The summed E-state index contributed by atoms with van der Waals surface area (Å²) in [5.74, 6) is 0. The molecule has 0 bridgehead atoms. The van der Waals surface area contributed by atoms with Crippen molar-refractivity contribution >= 4 is 44.1 Å². The number of rotatable bonds is 3. The van der Waals surface area contributed by atoms with E-state index in [9.17, 15) is 12.3 Å². The Morgan fingerprint density at radius 2 is 0.907 bits per heavy atom. The third-order valence-electron chi connectivity index (χ3n) is 6.95. The molecule has 0 aliphatic carbocycles. The quantitative estimate of drug-likeness (QED) is 0.185. The zero-order valence-electron chi connectivity index (χ0n) is 47.4. The molecule has 8 aromatic rings. The molecule has 0 fully saturated rings. The van der Waals surface area contributed by atoms with Crippen LogP contribution in [0.2, 0.25) is 0 Å². The van der Waals surface area contributed by atoms with Gasteiger partial charge in [0.15, 0.2) is 0 Å². The molecule has 0 atom stereocenters. The molecule has 0 saturated carbocycles. The maximum Gasteiger partial charge on any atom is 0.0636 e. The van der Waals surface area contributed by atoms with E-state index in [2.05, 4.69) is 0 Å². The van der Waals surface area contributed by atoms with E-state index in [0.717, 1.165) is 0 Å². The fourth-order valence-corrected chi connectivity index (χ4v) is 6.11. The van der Waals surface area contributed by atoms with Crippen LogP contribution in [0, 0.1) is 0 Å². The van der Waals surface area contributed by atoms with Crippen LogP contribution in [-0.4, -0.2) is 0 Å². The summed E-state index contributed by atoms with van der Waals surface area (Å²) in [6, 6.07) is -22.5. The molecule has 0 saturated heterocycles. The number of hydrogen-bond acceptors (Lipinski definition) is 1. The van der Waals surface area contributed by atoms with E-state index < -0.39 is 212 Å². The first-order valence-corrected chi connectivity index (χ1v) is 13.5. The standard InChI is InChI=1S/C42H26S/c1-2-10-27(11-3-1)28-20-22-30(23-21-28)40-32-14-4-6-16-34(32)41(35-17-7-5-15-33(35)40)31-24-25-38-37(26-31)36-18-8-12-29-13-9-19-39(43-38)42(29)36/h1-26H/i1D,2D,3D,4D,5D,6D,7D,8D,9D,10D,11D,12D,13D,14D,15D,16D,17D,18D,19D,20D,21D,22D,23D,24D,25D,26D. The summed E-state index contributed by atoms with van der Waals surface area (Å²) in [6.07, 6.45) is 0. The predicted molar refractivity (Wildman–Crippen MR) is 185 cm³/mol. The summed E-state index contributed by atoms with van der Waals surface area (Å²) in [5.41, 5.74) is -5.11. The fourth-order valence-electron chi connectivity index (χ4n) is 5.14. The van der Waals surface area contributed by atoms with Crippen molar-refractivity contribution in [3.8, 4) is 44.5 Å². The minimum atomic E-state index is -1.04. The van der Waals surface area contributed by atoms with Crippen molar-refractivity contribution < 1.29 is 35.6 Å². The van der Waals surface area contributed by atoms with Crippen LogP contribution in [0.4, 0.5) is 0 Å². The van der Waals surface area contributed by atoms with Gasteiger partial charge in [-0.2, -0.15) is 0 Å². The summed E-state index contributed by atoms with van der Waals surface area (Å²) >= 11 is 0.622. The lowest BCUT2D eigenvalue weighted by atomic mass is 9.85. The molecule has 43 heavy (non-hydrogen) atoms. The molecular formula is C42H26S. The molecule has 1 heteroatoms. The van der Waals surface area contributed by atoms with E-state index >= 15 is 0 Å². The van der Waals surface area contributed by atoms with Gasteiger partial charge >= 0.3 is 0 Å². The maximum atomic E-state index is 9.89. The van der Waals surface area contributed by atoms with Crippen molar-refractivity contribution in [2.45, 2.75) is 9.79 Å². The first-order chi connectivity index (χ1) is 32.2. The molecular weight excluding hydrogens is 537 g/mol. The Balaban J connectivity index is 1.55. The van der Waals surface area contributed by atoms with Crippen molar-refractivity contribution in [1.29, 1.82) is 0 Å². The second-order valence-electron chi connectivity index (χ2n) is 9.26. The predicted octanol–water partition coefficient (Wildman–Crippen LogP) is 12.3. The van der Waals surface area contributed by atoms with Crippen molar-refractivity contribution in [2.75, 3.05) is 0 Å². The van der Waals surface area contributed by atoms with E-state index in [0.29, 0.717) is 11.8 Å². The largest absolute Gasteiger partial charge is 0.0888 e. The van der Waals surface area contributed by atoms with Crippen molar-refractivity contribution in [3.05, 3.63) is 157 Å². The third-order valence-corrected chi connectivity index (χ3v) is 7.97. The molecule has 0 unspecified atom stereocenters. The molecule has 0 amide bonds. The lowest BCUT2D eigenvalue weighted by Crippen LogP contribution is -1.95. The third kappa shape index (κ3) is 3.86. The molecule has 1 aliphatic heterocycles. The van der Waals surface area contributed by atoms with Crippen LogP contribution in [0.1, 0.15) is 35.6 Å². The fraction of sp³-hybridized carbons (Fsp3) is 0. The Morgan fingerprint density at radius 1 is 0.372 bits per heavy atom. The SMILES string of the molecule is [2H]c1c([2H])c([2H])c(-c2c([2H])c([2H])c(-c3c4c([2H])c([2H])c([2H])c([2H])c4c(-c4c([2H])c([2H])c5c(c4[2H])-c4c([2H])c([2H])c([2H])c6c([2H])c([2H])c([2H])c(c46)S5)c4c([2H])c([2H])c([2H])c([2H])c34)c([2H])c2[2H])c([2H])c1[2H]. The highest BCUT2D eigenvalue weighted by Crippen LogP contribution is 2.50. The number of hydrogen-bond donors (Lipinski definition) is 0. The van der Waals surface area contributed by atoms with Crippen LogP contribution in [0.3, 0.4) is 0 Å². The normalized spacial score (nSPS) is 20.6. The molecule has 8 aromatic carbocycles. The number of benzene rings is 8. The lowest BCUT2D eigenvalue weighted by Gasteiger charge is -2.22. The molecule has 0 spiro atoms. The van der Waals surface area contributed by atoms with Gasteiger partial charge in [-0.25, -0.2) is 0 Å². The van der Waals surface area contributed by atoms with Crippen LogP contribution >= 0.6 is 11.8 Å². The van der Waals surface area contributed by atoms with E-state index in [4.69, 9.17) is 23.3 Å². The number of fused-ring (bicyclic) bond motifs is 4. The van der Waals surface area contributed by atoms with Crippen LogP contribution in [0.15, 0.2) is 167 Å². The summed E-state index contributed by atoms with van der Waals surface area (Å²) in [7, 11) is 0. The Morgan fingerprint density at radius 3 is 1.58 bits per heavy atom. The Labute approximate surface area is 291 Å². The highest BCUT2D eigenvalue weighted by molar-refractivity contribution is 7.99. The minimum absolute atomic E-state index is 0.114. The molecule has 0 radical (unpaired) electrons. The van der Waals surface area contributed by atoms with E-state index in [-0.39, 0.29) is 31.7 Å². The average Bonchev–Trinajstić information content (AvgIpc) is 3.32. The lowest BCUT2D eigenvalue weighted by molar-refractivity contribution is 1.40. The molecule has 200 valence electrons. The van der Waals surface area contributed by atoms with Crippen molar-refractivity contribution in [3.63, 3.8) is 0 Å². The highest BCUT2D eigenvalue weighted by atomic mass is 32.2. The van der Waals surface area contributed by atoms with Gasteiger partial charge < -0.3 is 0 Å². The van der Waals surface area contributed by atoms with Gasteiger partial charge in [0.25, 0.3) is 0 Å². The Hall–Kier alpha value is -5.11. The first kappa shape index (κ1) is 9.98. The van der Waals surface area contributed by atoms with Gasteiger partial charge in [-0.15, -0.1) is 0 Å². The smallest absolute Gasteiger partial charge is 0.0636 e. The zero-order valence-corrected chi connectivity index (χ0v) is 22.2. The van der Waals surface area contributed by atoms with Gasteiger partial charge in [-0.3, -0.25) is 0 Å². The summed E-state index contributed by atoms with van der Waals surface area (Å²) in [4.78, 5) is -0.368. The molecule has 0 aromatic heterocycles. The van der Waals surface area contributed by atoms with Crippen molar-refractivity contribution in [2.24, 2.45) is 0 Å². The van der Waals surface area contributed by atoms with Gasteiger partial charge in [0, 0.05) is 15.2 Å². The minimum Gasteiger partial charge on any atom is -0.0888 e. The van der Waals surface area contributed by atoms with Gasteiger partial charge in [0.2, 0.25) is 0 Å². The van der Waals surface area contributed by atoms with Gasteiger partial charge in [-0.1, -0.05) is 151 Å². The molecule has 0 nitrogen and oxygen atoms in total. The monoisotopic (exact) mass is 588 g/mol. The molecule has 1 aliphatic rings. The van der Waals surface area contributed by atoms with E-state index in [1.807, 2.05) is 0 Å². The van der Waals surface area contributed by atoms with Crippen LogP contribution in [0.25, 0.3) is 76.8 Å². The first-order valence-electron chi connectivity index (χ1n) is 25.7. The summed E-state index contributed by atoms with van der Waals surface area (Å²) in [5, 5.41) is -3.28. The van der Waals surface area contributed by atoms with Crippen LogP contribution in [0.5, 0.6) is 0 Å². The van der Waals surface area contributed by atoms with E-state index in [1.165, 1.54) is 0 Å². The van der Waals surface area contributed by atoms with Crippen molar-refractivity contribution in [1.82, 2.24) is 0 Å². The topological polar surface area (TPSA) is 0 Å². The van der Waals surface area contributed by atoms with Crippen LogP contribution < -0.4 is 0 Å². The summed E-state index contributed by atoms with van der Waals surface area (Å²) < 4.78 is 232. The summed E-state index contributed by atoms with van der Waals surface area (Å²) in [6.45, 7) is 0. The Kier molecular flexibility index (Phi) is 2.26. The Bertz CT molecular complexity index is 3680. The van der Waals surface area contributed by atoms with E-state index in [1.54, 1.807) is 0 Å². The maximum absolute atomic E-state index is 9.89. The second-order valence-corrected chi connectivity index (χ2v) is 10.3. The highest BCUT2D eigenvalue weighted by Gasteiger charge is 2.21. The van der Waals surface area contributed by atoms with Crippen LogP contribution in [-0.2, 0) is 0 Å². The second kappa shape index (κ2) is 9.73. The molecule has 1 heterocycles. The van der Waals surface area contributed by atoms with Gasteiger partial charge in [0.05, 0.1) is 35.6 Å². The zero-order chi connectivity index (χ0) is 51.0. The average molecular weight is 589 g/mol. The molecule has 9 rings (SSSR count). The van der Waals surface area contributed by atoms with Gasteiger partial charge in [-0.05, 0) is 89.6 Å². The molecule has 0 N–H and O–H groups in total. The van der Waals surface area contributed by atoms with Gasteiger partial charge in [0.1, 0.15) is 0 Å².